The number of carboxylic acid groups (broad SMARTS) is 1. The van der Waals surface area contributed by atoms with Gasteiger partial charge in [0.25, 0.3) is 0 Å². The Labute approximate surface area is 232 Å². The largest absolute Gasteiger partial charge is 0.484 e. The zero-order valence-corrected chi connectivity index (χ0v) is 23.3. The van der Waals surface area contributed by atoms with E-state index in [1.54, 1.807) is 24.3 Å². The van der Waals surface area contributed by atoms with E-state index in [2.05, 4.69) is 9.80 Å². The fourth-order valence-electron chi connectivity index (χ4n) is 6.10. The van der Waals surface area contributed by atoms with Crippen molar-refractivity contribution >= 4 is 46.5 Å². The predicted octanol–water partition coefficient (Wildman–Crippen LogP) is 7.33. The minimum absolute atomic E-state index is 0.0467. The van der Waals surface area contributed by atoms with E-state index in [4.69, 9.17) is 39.5 Å². The summed E-state index contributed by atoms with van der Waals surface area (Å²) in [6.45, 7) is 7.47. The molecule has 1 saturated carbocycles. The Morgan fingerprint density at radius 2 is 1.86 bits per heavy atom. The van der Waals surface area contributed by atoms with Crippen LogP contribution in [0.5, 0.6) is 5.75 Å². The van der Waals surface area contributed by atoms with Gasteiger partial charge in [-0.05, 0) is 76.1 Å². The first kappa shape index (κ1) is 26.9. The van der Waals surface area contributed by atoms with E-state index in [1.165, 1.54) is 12.5 Å². The highest BCUT2D eigenvalue weighted by atomic mass is 35.5. The minimum Gasteiger partial charge on any atom is -0.484 e. The summed E-state index contributed by atoms with van der Waals surface area (Å²) in [5, 5.41) is 10.4. The van der Waals surface area contributed by atoms with Crippen molar-refractivity contribution in [2.75, 3.05) is 31.1 Å². The lowest BCUT2D eigenvalue weighted by molar-refractivity contribution is -0.158. The second-order valence-electron chi connectivity index (χ2n) is 11.2. The molecule has 2 aliphatic heterocycles. The van der Waals surface area contributed by atoms with Gasteiger partial charge in [-0.25, -0.2) is 4.39 Å². The number of likely N-dealkylation sites (tertiary alicyclic amines) is 1. The molecule has 3 fully saturated rings. The number of nitrogens with zero attached hydrogens (tertiary/aromatic N) is 2. The van der Waals surface area contributed by atoms with Gasteiger partial charge in [0.2, 0.25) is 0 Å². The van der Waals surface area contributed by atoms with E-state index in [1.807, 2.05) is 13.8 Å². The molecule has 200 valence electrons. The Morgan fingerprint density at radius 1 is 1.14 bits per heavy atom. The summed E-state index contributed by atoms with van der Waals surface area (Å²) in [5.74, 6) is 0.192. The van der Waals surface area contributed by atoms with Gasteiger partial charge in [0.1, 0.15) is 22.7 Å². The van der Waals surface area contributed by atoms with E-state index in [-0.39, 0.29) is 10.8 Å². The molecule has 0 bridgehead atoms. The Hall–Kier alpha value is -1.73. The molecule has 2 heterocycles. The SMILES string of the molecule is C[C@@H](Oc1cc(N2CC([C@H]3CCCN(C4CC(C)(C(=O)O)C4)C3)C2)cc(F)c1Cl)c1ccc(Cl)cc1Cl. The van der Waals surface area contributed by atoms with Crippen molar-refractivity contribution in [2.45, 2.75) is 51.7 Å². The highest BCUT2D eigenvalue weighted by molar-refractivity contribution is 6.35. The van der Waals surface area contributed by atoms with Crippen LogP contribution in [0.3, 0.4) is 0 Å². The average molecular weight is 570 g/mol. The third-order valence-corrected chi connectivity index (χ3v) is 9.45. The van der Waals surface area contributed by atoms with Crippen molar-refractivity contribution in [2.24, 2.45) is 17.3 Å². The number of carboxylic acids is 1. The van der Waals surface area contributed by atoms with Crippen molar-refractivity contribution in [1.29, 1.82) is 0 Å². The molecule has 0 aromatic heterocycles. The Balaban J connectivity index is 1.20. The Morgan fingerprint density at radius 3 is 2.54 bits per heavy atom. The number of aliphatic carboxylic acids is 1. The van der Waals surface area contributed by atoms with Crippen LogP contribution in [0, 0.1) is 23.1 Å². The average Bonchev–Trinajstić information content (AvgIpc) is 2.79. The minimum atomic E-state index is -0.684. The molecule has 2 saturated heterocycles. The summed E-state index contributed by atoms with van der Waals surface area (Å²) in [5.41, 5.74) is 0.931. The second kappa shape index (κ2) is 10.4. The summed E-state index contributed by atoms with van der Waals surface area (Å²) in [7, 11) is 0. The summed E-state index contributed by atoms with van der Waals surface area (Å²) in [4.78, 5) is 16.1. The first-order valence-corrected chi connectivity index (χ1v) is 14.0. The van der Waals surface area contributed by atoms with Gasteiger partial charge >= 0.3 is 5.97 Å². The molecule has 1 N–H and O–H groups in total. The highest BCUT2D eigenvalue weighted by Gasteiger charge is 2.49. The fraction of sp³-hybridized carbons (Fsp3) is 0.536. The Kier molecular flexibility index (Phi) is 7.58. The van der Waals surface area contributed by atoms with Crippen LogP contribution in [0.25, 0.3) is 0 Å². The van der Waals surface area contributed by atoms with E-state index < -0.39 is 23.3 Å². The molecule has 2 atom stereocenters. The van der Waals surface area contributed by atoms with Crippen LogP contribution in [0.15, 0.2) is 30.3 Å². The van der Waals surface area contributed by atoms with E-state index >= 15 is 0 Å². The van der Waals surface area contributed by atoms with Crippen molar-refractivity contribution in [3.05, 3.63) is 56.8 Å². The molecule has 2 aromatic rings. The lowest BCUT2D eigenvalue weighted by Gasteiger charge is -2.52. The quantitative estimate of drug-likeness (QED) is 0.378. The summed E-state index contributed by atoms with van der Waals surface area (Å²) in [6, 6.07) is 8.84. The van der Waals surface area contributed by atoms with Crippen molar-refractivity contribution in [3.8, 4) is 5.75 Å². The molecular formula is C28H32Cl3FN2O3. The molecule has 0 spiro atoms. The third-order valence-electron chi connectivity index (χ3n) is 8.52. The molecule has 2 aromatic carbocycles. The van der Waals surface area contributed by atoms with Crippen molar-refractivity contribution < 1.29 is 19.0 Å². The highest BCUT2D eigenvalue weighted by Crippen LogP contribution is 2.46. The van der Waals surface area contributed by atoms with E-state index in [0.29, 0.717) is 27.9 Å². The van der Waals surface area contributed by atoms with E-state index in [0.717, 1.165) is 56.7 Å². The van der Waals surface area contributed by atoms with Crippen LogP contribution in [0.2, 0.25) is 15.1 Å². The summed E-state index contributed by atoms with van der Waals surface area (Å²) in [6.07, 6.45) is 3.35. The second-order valence-corrected chi connectivity index (χ2v) is 12.4. The van der Waals surface area contributed by atoms with Crippen LogP contribution >= 0.6 is 34.8 Å². The fourth-order valence-corrected chi connectivity index (χ4v) is 6.81. The number of carbonyl (C=O) groups is 1. The van der Waals surface area contributed by atoms with Crippen LogP contribution in [0.4, 0.5) is 10.1 Å². The van der Waals surface area contributed by atoms with Gasteiger partial charge in [-0.1, -0.05) is 40.9 Å². The molecular weight excluding hydrogens is 538 g/mol. The lowest BCUT2D eigenvalue weighted by atomic mass is 9.65. The number of hydrogen-bond donors (Lipinski definition) is 1. The monoisotopic (exact) mass is 568 g/mol. The first-order valence-electron chi connectivity index (χ1n) is 12.9. The number of hydrogen-bond acceptors (Lipinski definition) is 4. The van der Waals surface area contributed by atoms with Gasteiger partial charge in [0.05, 0.1) is 5.41 Å². The molecule has 37 heavy (non-hydrogen) atoms. The maximum Gasteiger partial charge on any atom is 0.309 e. The van der Waals surface area contributed by atoms with Crippen LogP contribution < -0.4 is 9.64 Å². The van der Waals surface area contributed by atoms with Gasteiger partial charge in [-0.15, -0.1) is 0 Å². The summed E-state index contributed by atoms with van der Waals surface area (Å²) >= 11 is 18.6. The number of halogens is 4. The normalized spacial score (nSPS) is 27.4. The lowest BCUT2D eigenvalue weighted by Crippen LogP contribution is -2.58. The number of piperidine rings is 1. The zero-order chi connectivity index (χ0) is 26.5. The van der Waals surface area contributed by atoms with Crippen molar-refractivity contribution in [1.82, 2.24) is 4.90 Å². The van der Waals surface area contributed by atoms with Gasteiger partial charge in [-0.2, -0.15) is 0 Å². The van der Waals surface area contributed by atoms with Gasteiger partial charge in [0, 0.05) is 53.0 Å². The van der Waals surface area contributed by atoms with Gasteiger partial charge in [-0.3, -0.25) is 4.79 Å². The topological polar surface area (TPSA) is 53.0 Å². The molecule has 0 amide bonds. The van der Waals surface area contributed by atoms with Crippen LogP contribution in [-0.4, -0.2) is 48.2 Å². The molecule has 5 rings (SSSR count). The maximum atomic E-state index is 14.8. The number of rotatable bonds is 7. The van der Waals surface area contributed by atoms with Crippen LogP contribution in [-0.2, 0) is 4.79 Å². The number of anilines is 1. The molecule has 3 aliphatic rings. The van der Waals surface area contributed by atoms with E-state index in [9.17, 15) is 14.3 Å². The maximum absolute atomic E-state index is 14.8. The first-order chi connectivity index (χ1) is 17.5. The zero-order valence-electron chi connectivity index (χ0n) is 21.0. The molecule has 0 unspecified atom stereocenters. The molecule has 5 nitrogen and oxygen atoms in total. The number of benzene rings is 2. The summed E-state index contributed by atoms with van der Waals surface area (Å²) < 4.78 is 20.8. The smallest absolute Gasteiger partial charge is 0.309 e. The van der Waals surface area contributed by atoms with Gasteiger partial charge < -0.3 is 19.6 Å². The molecule has 0 radical (unpaired) electrons. The van der Waals surface area contributed by atoms with Gasteiger partial charge in [0.15, 0.2) is 0 Å². The third kappa shape index (κ3) is 5.40. The predicted molar refractivity (Wildman–Crippen MR) is 146 cm³/mol. The van der Waals surface area contributed by atoms with Crippen LogP contribution in [0.1, 0.15) is 51.2 Å². The number of ether oxygens (including phenoxy) is 1. The molecule has 1 aliphatic carbocycles. The Bertz CT molecular complexity index is 1180. The molecule has 9 heteroatoms. The van der Waals surface area contributed by atoms with Crippen molar-refractivity contribution in [3.63, 3.8) is 0 Å². The standard InChI is InChI=1S/C28H32Cl3FN2O3/c1-16(22-6-5-19(29)8-23(22)30)37-25-10-20(9-24(32)26(25)31)34-14-18(15-34)17-4-3-7-33(13-17)21-11-28(2,12-21)27(35)36/h5-6,8-10,16-18,21H,3-4,7,11-15H2,1-2H3,(H,35,36)/t16-,17+,21?,28?/m1/s1.